The maximum Gasteiger partial charge on any atom is 0.357 e. The van der Waals surface area contributed by atoms with E-state index in [2.05, 4.69) is 15.2 Å². The first kappa shape index (κ1) is 14.2. The average molecular weight is 324 g/mol. The quantitative estimate of drug-likeness (QED) is 0.617. The summed E-state index contributed by atoms with van der Waals surface area (Å²) < 4.78 is 12.2. The van der Waals surface area contributed by atoms with Gasteiger partial charge in [-0.05, 0) is 26.0 Å². The molecule has 0 aliphatic carbocycles. The van der Waals surface area contributed by atoms with Gasteiger partial charge in [0.1, 0.15) is 12.0 Å². The molecular formula is C16H12N4O4. The number of hydrogen-bond acceptors (Lipinski definition) is 6. The van der Waals surface area contributed by atoms with Crippen molar-refractivity contribution in [1.82, 2.24) is 19.8 Å². The first-order chi connectivity index (χ1) is 11.5. The van der Waals surface area contributed by atoms with Gasteiger partial charge in [-0.3, -0.25) is 0 Å². The molecule has 0 saturated heterocycles. The Kier molecular flexibility index (Phi) is 2.99. The van der Waals surface area contributed by atoms with Crippen molar-refractivity contribution in [3.05, 3.63) is 47.9 Å². The summed E-state index contributed by atoms with van der Waals surface area (Å²) in [5.41, 5.74) is 3.88. The Bertz CT molecular complexity index is 1050. The van der Waals surface area contributed by atoms with Crippen molar-refractivity contribution in [2.45, 2.75) is 13.8 Å². The summed E-state index contributed by atoms with van der Waals surface area (Å²) in [5.74, 6) is -0.190. The molecule has 0 aromatic carbocycles. The van der Waals surface area contributed by atoms with Gasteiger partial charge in [0.2, 0.25) is 5.89 Å². The fraction of sp³-hybridized carbons (Fsp3) is 0.125. The van der Waals surface area contributed by atoms with E-state index in [1.54, 1.807) is 23.0 Å². The van der Waals surface area contributed by atoms with Crippen LogP contribution in [0.15, 0.2) is 39.7 Å². The number of carbonyl (C=O) groups is 1. The van der Waals surface area contributed by atoms with Crippen LogP contribution in [0.25, 0.3) is 28.1 Å². The number of fused-ring (bicyclic) bond motifs is 1. The van der Waals surface area contributed by atoms with E-state index >= 15 is 0 Å². The Labute approximate surface area is 135 Å². The molecule has 120 valence electrons. The third-order valence-corrected chi connectivity index (χ3v) is 3.79. The molecule has 0 saturated carbocycles. The number of aryl methyl sites for hydroxylation is 2. The molecule has 0 amide bonds. The Morgan fingerprint density at radius 1 is 1.33 bits per heavy atom. The van der Waals surface area contributed by atoms with Crippen molar-refractivity contribution < 1.29 is 18.8 Å². The van der Waals surface area contributed by atoms with Gasteiger partial charge in [0, 0.05) is 17.3 Å². The summed E-state index contributed by atoms with van der Waals surface area (Å²) >= 11 is 0. The lowest BCUT2D eigenvalue weighted by Gasteiger charge is -2.01. The highest BCUT2D eigenvalue weighted by atomic mass is 16.5. The van der Waals surface area contributed by atoms with E-state index in [0.717, 1.165) is 28.6 Å². The van der Waals surface area contributed by atoms with Crippen LogP contribution in [0.5, 0.6) is 0 Å². The zero-order chi connectivity index (χ0) is 16.8. The predicted octanol–water partition coefficient (Wildman–Crippen LogP) is 2.96. The van der Waals surface area contributed by atoms with E-state index in [1.165, 1.54) is 0 Å². The number of carboxylic acid groups (broad SMARTS) is 1. The summed E-state index contributed by atoms with van der Waals surface area (Å²) in [7, 11) is 0. The zero-order valence-electron chi connectivity index (χ0n) is 12.8. The predicted molar refractivity (Wildman–Crippen MR) is 82.6 cm³/mol. The number of oxazole rings is 1. The third kappa shape index (κ3) is 2.08. The molecule has 1 N–H and O–H groups in total. The van der Waals surface area contributed by atoms with Gasteiger partial charge in [0.05, 0.1) is 23.0 Å². The molecule has 0 aliphatic heterocycles. The number of aromatic carboxylic acids is 1. The molecule has 0 bridgehead atoms. The average Bonchev–Trinajstić information content (AvgIpc) is 3.26. The molecule has 24 heavy (non-hydrogen) atoms. The molecule has 4 aromatic heterocycles. The van der Waals surface area contributed by atoms with Crippen LogP contribution in [0.4, 0.5) is 0 Å². The van der Waals surface area contributed by atoms with E-state index in [0.29, 0.717) is 11.3 Å². The van der Waals surface area contributed by atoms with E-state index in [-0.39, 0.29) is 11.6 Å². The summed E-state index contributed by atoms with van der Waals surface area (Å²) in [4.78, 5) is 14.9. The molecule has 4 aromatic rings. The Hall–Kier alpha value is -3.42. The minimum atomic E-state index is -1.13. The Morgan fingerprint density at radius 2 is 2.17 bits per heavy atom. The van der Waals surface area contributed by atoms with Crippen LogP contribution in [-0.2, 0) is 0 Å². The number of aromatic nitrogens is 4. The van der Waals surface area contributed by atoms with Crippen LogP contribution < -0.4 is 0 Å². The van der Waals surface area contributed by atoms with Crippen molar-refractivity contribution in [2.75, 3.05) is 0 Å². The first-order valence-electron chi connectivity index (χ1n) is 7.14. The largest absolute Gasteiger partial charge is 0.476 e. The lowest BCUT2D eigenvalue weighted by Crippen LogP contribution is -1.95. The van der Waals surface area contributed by atoms with Crippen LogP contribution in [0.2, 0.25) is 0 Å². The van der Waals surface area contributed by atoms with E-state index in [1.807, 2.05) is 19.9 Å². The van der Waals surface area contributed by atoms with Crippen molar-refractivity contribution in [3.63, 3.8) is 0 Å². The van der Waals surface area contributed by atoms with Crippen LogP contribution >= 0.6 is 0 Å². The van der Waals surface area contributed by atoms with Gasteiger partial charge < -0.3 is 14.0 Å². The minimum Gasteiger partial charge on any atom is -0.476 e. The van der Waals surface area contributed by atoms with Gasteiger partial charge >= 0.3 is 5.97 Å². The maximum absolute atomic E-state index is 10.9. The summed E-state index contributed by atoms with van der Waals surface area (Å²) in [6.07, 6.45) is 4.62. The minimum absolute atomic E-state index is 0.135. The third-order valence-electron chi connectivity index (χ3n) is 3.79. The SMILES string of the molecule is Cc1noc(C)c1-c1cnn2ccc(-c3nc(C(=O)O)co3)cc12. The second-order valence-electron chi connectivity index (χ2n) is 5.35. The zero-order valence-corrected chi connectivity index (χ0v) is 12.8. The summed E-state index contributed by atoms with van der Waals surface area (Å²) in [5, 5.41) is 17.3. The smallest absolute Gasteiger partial charge is 0.357 e. The molecule has 0 radical (unpaired) electrons. The van der Waals surface area contributed by atoms with Gasteiger partial charge in [0.15, 0.2) is 5.69 Å². The molecule has 8 heteroatoms. The van der Waals surface area contributed by atoms with E-state index < -0.39 is 5.97 Å². The fourth-order valence-electron chi connectivity index (χ4n) is 2.68. The van der Waals surface area contributed by atoms with Crippen molar-refractivity contribution >= 4 is 11.5 Å². The second-order valence-corrected chi connectivity index (χ2v) is 5.35. The standard InChI is InChI=1S/C16H12N4O4/c1-8-14(9(2)24-19-8)11-6-17-20-4-3-10(5-13(11)20)15-18-12(7-23-15)16(21)22/h3-7H,1-2H3,(H,21,22). The molecule has 0 aliphatic rings. The molecule has 4 heterocycles. The van der Waals surface area contributed by atoms with Crippen molar-refractivity contribution in [2.24, 2.45) is 0 Å². The highest BCUT2D eigenvalue weighted by Crippen LogP contribution is 2.32. The highest BCUT2D eigenvalue weighted by Gasteiger charge is 2.18. The highest BCUT2D eigenvalue weighted by molar-refractivity contribution is 5.86. The molecular weight excluding hydrogens is 312 g/mol. The van der Waals surface area contributed by atoms with Crippen LogP contribution in [0.1, 0.15) is 21.9 Å². The van der Waals surface area contributed by atoms with Gasteiger partial charge in [0.25, 0.3) is 0 Å². The molecule has 0 spiro atoms. The number of pyridine rings is 1. The number of nitrogens with zero attached hydrogens (tertiary/aromatic N) is 4. The topological polar surface area (TPSA) is 107 Å². The Morgan fingerprint density at radius 3 is 2.83 bits per heavy atom. The number of rotatable bonds is 3. The molecule has 0 atom stereocenters. The fourth-order valence-corrected chi connectivity index (χ4v) is 2.68. The van der Waals surface area contributed by atoms with Crippen LogP contribution in [0, 0.1) is 13.8 Å². The summed E-state index contributed by atoms with van der Waals surface area (Å²) in [6, 6.07) is 3.60. The maximum atomic E-state index is 10.9. The van der Waals surface area contributed by atoms with E-state index in [9.17, 15) is 4.79 Å². The molecule has 0 unspecified atom stereocenters. The number of carboxylic acids is 1. The van der Waals surface area contributed by atoms with Gasteiger partial charge in [-0.2, -0.15) is 5.10 Å². The van der Waals surface area contributed by atoms with Crippen LogP contribution in [-0.4, -0.2) is 30.8 Å². The molecule has 0 fully saturated rings. The first-order valence-corrected chi connectivity index (χ1v) is 7.14. The lowest BCUT2D eigenvalue weighted by molar-refractivity contribution is 0.0690. The molecule has 8 nitrogen and oxygen atoms in total. The normalized spacial score (nSPS) is 11.2. The van der Waals surface area contributed by atoms with Crippen molar-refractivity contribution in [1.29, 1.82) is 0 Å². The lowest BCUT2D eigenvalue weighted by atomic mass is 10.1. The summed E-state index contributed by atoms with van der Waals surface area (Å²) in [6.45, 7) is 3.71. The molecule has 4 rings (SSSR count). The number of hydrogen-bond donors (Lipinski definition) is 1. The second kappa shape index (κ2) is 5.05. The monoisotopic (exact) mass is 324 g/mol. The van der Waals surface area contributed by atoms with Gasteiger partial charge in [-0.1, -0.05) is 5.16 Å². The van der Waals surface area contributed by atoms with Gasteiger partial charge in [-0.15, -0.1) is 0 Å². The van der Waals surface area contributed by atoms with Crippen molar-refractivity contribution in [3.8, 4) is 22.6 Å². The van der Waals surface area contributed by atoms with Crippen LogP contribution in [0.3, 0.4) is 0 Å². The van der Waals surface area contributed by atoms with E-state index in [4.69, 9.17) is 14.0 Å². The van der Waals surface area contributed by atoms with Gasteiger partial charge in [-0.25, -0.2) is 14.3 Å². The Balaban J connectivity index is 1.88.